The summed E-state index contributed by atoms with van der Waals surface area (Å²) in [7, 11) is 0. The van der Waals surface area contributed by atoms with Crippen molar-refractivity contribution in [3.63, 3.8) is 0 Å². The molecular weight excluding hydrogens is 554 g/mol. The van der Waals surface area contributed by atoms with Crippen LogP contribution in [0.1, 0.15) is 213 Å². The van der Waals surface area contributed by atoms with Gasteiger partial charge in [-0.2, -0.15) is 0 Å². The molecule has 0 aromatic heterocycles. The summed E-state index contributed by atoms with van der Waals surface area (Å²) in [5.41, 5.74) is 0. The molecule has 1 amide bonds. The Hall–Kier alpha value is -1.13. The average Bonchev–Trinajstić information content (AvgIpc) is 3.04. The molecule has 0 saturated heterocycles. The highest BCUT2D eigenvalue weighted by molar-refractivity contribution is 5.76. The zero-order chi connectivity index (χ0) is 33.1. The number of carbonyl (C=O) groups is 1. The largest absolute Gasteiger partial charge is 0.390 e. The van der Waals surface area contributed by atoms with E-state index in [0.29, 0.717) is 19.3 Å². The summed E-state index contributed by atoms with van der Waals surface area (Å²) in [5, 5.41) is 24.2. The number of rotatable bonds is 35. The molecule has 0 heterocycles. The molecule has 45 heavy (non-hydrogen) atoms. The second-order valence-electron chi connectivity index (χ2n) is 13.7. The van der Waals surface area contributed by atoms with Gasteiger partial charge in [-0.25, -0.2) is 0 Å². The second kappa shape index (κ2) is 35.7. The smallest absolute Gasteiger partial charge is 0.220 e. The fraction of sp³-hybridized carbons (Fsp3) is 0.878. The normalized spacial score (nSPS) is 14.0. The Bertz CT molecular complexity index is 661. The number of amides is 1. The van der Waals surface area contributed by atoms with Crippen molar-refractivity contribution < 1.29 is 15.0 Å². The van der Waals surface area contributed by atoms with Gasteiger partial charge in [-0.1, -0.05) is 180 Å². The van der Waals surface area contributed by atoms with Crippen LogP contribution >= 0.6 is 0 Å². The van der Waals surface area contributed by atoms with E-state index in [4.69, 9.17) is 0 Å². The molecule has 266 valence electrons. The van der Waals surface area contributed by atoms with Gasteiger partial charge in [0.15, 0.2) is 0 Å². The second-order valence-corrected chi connectivity index (χ2v) is 13.7. The molecule has 0 aliphatic heterocycles. The van der Waals surface area contributed by atoms with Crippen LogP contribution in [-0.2, 0) is 4.79 Å². The van der Waals surface area contributed by atoms with E-state index in [0.717, 1.165) is 32.1 Å². The van der Waals surface area contributed by atoms with E-state index >= 15 is 0 Å². The van der Waals surface area contributed by atoms with Crippen LogP contribution in [0.3, 0.4) is 0 Å². The van der Waals surface area contributed by atoms with Crippen LogP contribution in [0.5, 0.6) is 0 Å². The molecule has 0 aromatic carbocycles. The Morgan fingerprint density at radius 1 is 0.533 bits per heavy atom. The molecule has 3 N–H and O–H groups in total. The van der Waals surface area contributed by atoms with Gasteiger partial charge in [-0.05, 0) is 51.4 Å². The van der Waals surface area contributed by atoms with Crippen molar-refractivity contribution in [3.05, 3.63) is 24.3 Å². The summed E-state index contributed by atoms with van der Waals surface area (Å²) in [6.07, 6.45) is 43.3. The van der Waals surface area contributed by atoms with Crippen molar-refractivity contribution in [1.82, 2.24) is 5.32 Å². The minimum atomic E-state index is -0.886. The van der Waals surface area contributed by atoms with E-state index in [-0.39, 0.29) is 11.9 Å². The Balaban J connectivity index is 3.69. The lowest BCUT2D eigenvalue weighted by Gasteiger charge is -2.27. The average molecular weight is 634 g/mol. The van der Waals surface area contributed by atoms with E-state index in [1.165, 1.54) is 141 Å². The number of nitrogens with one attached hydrogen (secondary N) is 1. The lowest BCUT2D eigenvalue weighted by molar-refractivity contribution is -0.123. The third-order valence-corrected chi connectivity index (χ3v) is 9.30. The Morgan fingerprint density at radius 3 is 1.42 bits per heavy atom. The molecule has 0 fully saturated rings. The Labute approximate surface area is 281 Å². The third kappa shape index (κ3) is 31.2. The SMILES string of the molecule is CCCCC/C=C\C/C=C\CCCCCCCCCC(=O)N[C@@H](CC)[C@H](O)[C@H](O)CCCCCCCCCCCCCCCC. The highest BCUT2D eigenvalue weighted by Crippen LogP contribution is 2.16. The van der Waals surface area contributed by atoms with Gasteiger partial charge < -0.3 is 15.5 Å². The standard InChI is InChI=1S/C41H79NO3/c1-4-7-9-11-13-15-17-19-21-22-23-25-27-29-31-33-35-37-40(44)42-38(6-3)41(45)39(43)36-34-32-30-28-26-24-20-18-16-14-12-10-8-5-2/h13,15,19,21,38-39,41,43,45H,4-12,14,16-18,20,22-37H2,1-3H3,(H,42,44)/b15-13-,21-19-/t38-,39+,41-/m0/s1. The van der Waals surface area contributed by atoms with Crippen molar-refractivity contribution in [3.8, 4) is 0 Å². The molecule has 0 aliphatic rings. The van der Waals surface area contributed by atoms with Gasteiger partial charge in [0, 0.05) is 6.42 Å². The highest BCUT2D eigenvalue weighted by atomic mass is 16.3. The number of aliphatic hydroxyl groups excluding tert-OH is 2. The summed E-state index contributed by atoms with van der Waals surface area (Å²) in [6, 6.07) is -0.366. The zero-order valence-corrected chi connectivity index (χ0v) is 30.6. The van der Waals surface area contributed by atoms with Gasteiger partial charge in [-0.15, -0.1) is 0 Å². The maximum Gasteiger partial charge on any atom is 0.220 e. The summed E-state index contributed by atoms with van der Waals surface area (Å²) in [6.45, 7) is 6.49. The fourth-order valence-electron chi connectivity index (χ4n) is 6.15. The van der Waals surface area contributed by atoms with Gasteiger partial charge in [-0.3, -0.25) is 4.79 Å². The molecule has 4 heteroatoms. The van der Waals surface area contributed by atoms with Gasteiger partial charge in [0.2, 0.25) is 5.91 Å². The van der Waals surface area contributed by atoms with Crippen LogP contribution in [0.4, 0.5) is 0 Å². The molecule has 0 aliphatic carbocycles. The molecule has 0 spiro atoms. The van der Waals surface area contributed by atoms with E-state index in [2.05, 4.69) is 43.5 Å². The number of allylic oxidation sites excluding steroid dienone is 4. The maximum absolute atomic E-state index is 12.5. The molecule has 0 saturated carbocycles. The van der Waals surface area contributed by atoms with Crippen LogP contribution in [0.15, 0.2) is 24.3 Å². The van der Waals surface area contributed by atoms with Crippen LogP contribution in [0.2, 0.25) is 0 Å². The lowest BCUT2D eigenvalue weighted by atomic mass is 9.97. The quantitative estimate of drug-likeness (QED) is 0.0480. The minimum Gasteiger partial charge on any atom is -0.390 e. The predicted molar refractivity (Wildman–Crippen MR) is 198 cm³/mol. The van der Waals surface area contributed by atoms with Crippen LogP contribution in [-0.4, -0.2) is 34.4 Å². The third-order valence-electron chi connectivity index (χ3n) is 9.30. The van der Waals surface area contributed by atoms with Crippen molar-refractivity contribution in [1.29, 1.82) is 0 Å². The van der Waals surface area contributed by atoms with E-state index in [1.54, 1.807) is 0 Å². The first kappa shape index (κ1) is 43.9. The number of hydrogen-bond donors (Lipinski definition) is 3. The molecule has 0 radical (unpaired) electrons. The van der Waals surface area contributed by atoms with Gasteiger partial charge >= 0.3 is 0 Å². The first-order chi connectivity index (χ1) is 22.1. The summed E-state index contributed by atoms with van der Waals surface area (Å²) in [5.74, 6) is 0.00665. The van der Waals surface area contributed by atoms with Gasteiger partial charge in [0.1, 0.15) is 0 Å². The zero-order valence-electron chi connectivity index (χ0n) is 30.6. The van der Waals surface area contributed by atoms with Crippen LogP contribution in [0, 0.1) is 0 Å². The van der Waals surface area contributed by atoms with E-state index < -0.39 is 12.2 Å². The van der Waals surface area contributed by atoms with E-state index in [1.807, 2.05) is 6.92 Å². The first-order valence-electron chi connectivity index (χ1n) is 20.0. The summed E-state index contributed by atoms with van der Waals surface area (Å²) < 4.78 is 0. The molecule has 0 unspecified atom stereocenters. The molecular formula is C41H79NO3. The molecule has 3 atom stereocenters. The van der Waals surface area contributed by atoms with Crippen molar-refractivity contribution in [2.45, 2.75) is 232 Å². The van der Waals surface area contributed by atoms with Crippen molar-refractivity contribution in [2.24, 2.45) is 0 Å². The van der Waals surface area contributed by atoms with Gasteiger partial charge in [0.05, 0.1) is 18.2 Å². The number of unbranched alkanes of at least 4 members (excludes halogenated alkanes) is 23. The Morgan fingerprint density at radius 2 is 0.933 bits per heavy atom. The van der Waals surface area contributed by atoms with Crippen molar-refractivity contribution in [2.75, 3.05) is 0 Å². The topological polar surface area (TPSA) is 69.6 Å². The number of hydrogen-bond acceptors (Lipinski definition) is 3. The molecule has 0 bridgehead atoms. The summed E-state index contributed by atoms with van der Waals surface area (Å²) >= 11 is 0. The number of carbonyl (C=O) groups excluding carboxylic acids is 1. The van der Waals surface area contributed by atoms with Crippen LogP contribution in [0.25, 0.3) is 0 Å². The summed E-state index contributed by atoms with van der Waals surface area (Å²) in [4.78, 5) is 12.5. The van der Waals surface area contributed by atoms with Crippen molar-refractivity contribution >= 4 is 5.91 Å². The molecule has 0 rings (SSSR count). The minimum absolute atomic E-state index is 0.00665. The molecule has 0 aromatic rings. The van der Waals surface area contributed by atoms with E-state index in [9.17, 15) is 15.0 Å². The van der Waals surface area contributed by atoms with Gasteiger partial charge in [0.25, 0.3) is 0 Å². The highest BCUT2D eigenvalue weighted by Gasteiger charge is 2.26. The van der Waals surface area contributed by atoms with Crippen LogP contribution < -0.4 is 5.32 Å². The predicted octanol–water partition coefficient (Wildman–Crippen LogP) is 12.1. The lowest BCUT2D eigenvalue weighted by Crippen LogP contribution is -2.48. The first-order valence-corrected chi connectivity index (χ1v) is 20.0. The monoisotopic (exact) mass is 634 g/mol. The fourth-order valence-corrected chi connectivity index (χ4v) is 6.15. The maximum atomic E-state index is 12.5. The Kier molecular flexibility index (Phi) is 34.8. The number of aliphatic hydroxyl groups is 2. The molecule has 4 nitrogen and oxygen atoms in total.